The minimum Gasteiger partial charge on any atom is -0.244 e. The Hall–Kier alpha value is -3.92. The van der Waals surface area contributed by atoms with Crippen molar-refractivity contribution in [3.05, 3.63) is 84.9 Å². The average molecular weight is 358 g/mol. The van der Waals surface area contributed by atoms with Gasteiger partial charge in [-0.1, -0.05) is 54.6 Å². The Balaban J connectivity index is 1.85. The van der Waals surface area contributed by atoms with E-state index in [-0.39, 0.29) is 0 Å². The van der Waals surface area contributed by atoms with Crippen molar-refractivity contribution in [1.29, 1.82) is 0 Å². The van der Waals surface area contributed by atoms with Gasteiger partial charge in [-0.25, -0.2) is 19.9 Å². The van der Waals surface area contributed by atoms with Gasteiger partial charge in [-0.3, -0.25) is 0 Å². The molecule has 130 valence electrons. The lowest BCUT2D eigenvalue weighted by molar-refractivity contribution is 1.36. The molecule has 2 heterocycles. The molecule has 2 aromatic heterocycles. The first-order chi connectivity index (χ1) is 13.9. The van der Waals surface area contributed by atoms with E-state index in [9.17, 15) is 0 Å². The smallest absolute Gasteiger partial charge is 0.118 e. The average Bonchev–Trinajstić information content (AvgIpc) is 2.76. The van der Waals surface area contributed by atoms with Crippen LogP contribution in [0.15, 0.2) is 84.9 Å². The van der Waals surface area contributed by atoms with Gasteiger partial charge in [0.05, 0.1) is 33.1 Å². The van der Waals surface area contributed by atoms with Gasteiger partial charge in [-0.05, 0) is 35.9 Å². The van der Waals surface area contributed by atoms with Crippen LogP contribution in [0.2, 0.25) is 0 Å². The number of aromatic nitrogens is 4. The van der Waals surface area contributed by atoms with E-state index in [0.717, 1.165) is 55.3 Å². The van der Waals surface area contributed by atoms with E-state index >= 15 is 0 Å². The van der Waals surface area contributed by atoms with Gasteiger partial charge < -0.3 is 0 Å². The van der Waals surface area contributed by atoms with Crippen molar-refractivity contribution < 1.29 is 0 Å². The Labute approximate surface area is 160 Å². The number of para-hydroxylation sites is 4. The molecule has 0 aliphatic rings. The predicted octanol–water partition coefficient (Wildman–Crippen LogP) is 5.55. The standard InChI is InChI=1S/C24H14N4/c1-2-8-15(9-3-1)16-14-21-23(27-18-11-5-4-10-17(18)25-21)24-22(16)26-19-12-6-7-13-20(19)28-24/h1-14H. The Bertz CT molecular complexity index is 1510. The number of rotatable bonds is 1. The van der Waals surface area contributed by atoms with Crippen LogP contribution in [-0.2, 0) is 0 Å². The van der Waals surface area contributed by atoms with Gasteiger partial charge in [0.15, 0.2) is 0 Å². The van der Waals surface area contributed by atoms with Crippen LogP contribution < -0.4 is 0 Å². The van der Waals surface area contributed by atoms with Gasteiger partial charge in [0, 0.05) is 5.56 Å². The predicted molar refractivity (Wildman–Crippen MR) is 113 cm³/mol. The van der Waals surface area contributed by atoms with Gasteiger partial charge >= 0.3 is 0 Å². The first-order valence-corrected chi connectivity index (χ1v) is 9.18. The van der Waals surface area contributed by atoms with E-state index in [4.69, 9.17) is 19.9 Å². The van der Waals surface area contributed by atoms with Crippen molar-refractivity contribution in [1.82, 2.24) is 19.9 Å². The maximum atomic E-state index is 4.95. The lowest BCUT2D eigenvalue weighted by Gasteiger charge is -2.10. The van der Waals surface area contributed by atoms with Crippen LogP contribution in [0, 0.1) is 0 Å². The molecule has 0 aliphatic carbocycles. The van der Waals surface area contributed by atoms with Crippen molar-refractivity contribution in [2.24, 2.45) is 0 Å². The monoisotopic (exact) mass is 358 g/mol. The first-order valence-electron chi connectivity index (χ1n) is 9.18. The van der Waals surface area contributed by atoms with Gasteiger partial charge in [0.2, 0.25) is 0 Å². The molecule has 0 radical (unpaired) electrons. The van der Waals surface area contributed by atoms with Crippen molar-refractivity contribution in [3.8, 4) is 11.1 Å². The fourth-order valence-corrected chi connectivity index (χ4v) is 3.68. The summed E-state index contributed by atoms with van der Waals surface area (Å²) in [7, 11) is 0. The Morgan fingerprint density at radius 3 is 1.54 bits per heavy atom. The van der Waals surface area contributed by atoms with Gasteiger partial charge in [0.25, 0.3) is 0 Å². The highest BCUT2D eigenvalue weighted by atomic mass is 14.9. The molecule has 0 aliphatic heterocycles. The third kappa shape index (κ3) is 2.25. The normalized spacial score (nSPS) is 11.6. The maximum absolute atomic E-state index is 4.95. The van der Waals surface area contributed by atoms with Gasteiger partial charge in [0.1, 0.15) is 11.0 Å². The summed E-state index contributed by atoms with van der Waals surface area (Å²) in [6.07, 6.45) is 0. The molecule has 4 aromatic carbocycles. The van der Waals surface area contributed by atoms with Crippen LogP contribution in [0.1, 0.15) is 0 Å². The van der Waals surface area contributed by atoms with Crippen LogP contribution >= 0.6 is 0 Å². The quantitative estimate of drug-likeness (QED) is 0.286. The summed E-state index contributed by atoms with van der Waals surface area (Å²) in [5.74, 6) is 0. The molecular weight excluding hydrogens is 344 g/mol. The summed E-state index contributed by atoms with van der Waals surface area (Å²) < 4.78 is 0. The highest BCUT2D eigenvalue weighted by Crippen LogP contribution is 2.33. The highest BCUT2D eigenvalue weighted by Gasteiger charge is 2.15. The Kier molecular flexibility index (Phi) is 3.14. The van der Waals surface area contributed by atoms with Crippen LogP contribution in [0.25, 0.3) is 55.3 Å². The van der Waals surface area contributed by atoms with E-state index in [0.29, 0.717) is 0 Å². The Morgan fingerprint density at radius 2 is 0.893 bits per heavy atom. The van der Waals surface area contributed by atoms with Crippen LogP contribution in [-0.4, -0.2) is 19.9 Å². The molecule has 0 fully saturated rings. The molecular formula is C24H14N4. The third-order valence-corrected chi connectivity index (χ3v) is 5.01. The zero-order valence-corrected chi connectivity index (χ0v) is 14.9. The van der Waals surface area contributed by atoms with Crippen LogP contribution in [0.3, 0.4) is 0 Å². The molecule has 28 heavy (non-hydrogen) atoms. The molecule has 0 spiro atoms. The molecule has 0 N–H and O–H groups in total. The first kappa shape index (κ1) is 15.2. The van der Waals surface area contributed by atoms with Crippen LogP contribution in [0.5, 0.6) is 0 Å². The third-order valence-electron chi connectivity index (χ3n) is 5.01. The number of fused-ring (bicyclic) bond motifs is 5. The number of hydrogen-bond donors (Lipinski definition) is 0. The molecule has 0 amide bonds. The minimum atomic E-state index is 0.784. The summed E-state index contributed by atoms with van der Waals surface area (Å²) in [6, 6.07) is 28.2. The van der Waals surface area contributed by atoms with Crippen molar-refractivity contribution in [3.63, 3.8) is 0 Å². The summed E-state index contributed by atoms with van der Waals surface area (Å²) >= 11 is 0. The molecule has 4 nitrogen and oxygen atoms in total. The Morgan fingerprint density at radius 1 is 0.393 bits per heavy atom. The summed E-state index contributed by atoms with van der Waals surface area (Å²) in [4.78, 5) is 19.6. The zero-order valence-electron chi connectivity index (χ0n) is 14.9. The second-order valence-corrected chi connectivity index (χ2v) is 6.78. The fraction of sp³-hybridized carbons (Fsp3) is 0. The minimum absolute atomic E-state index is 0.784. The topological polar surface area (TPSA) is 51.6 Å². The summed E-state index contributed by atoms with van der Waals surface area (Å²) in [5.41, 5.74) is 8.83. The van der Waals surface area contributed by atoms with E-state index in [1.165, 1.54) is 0 Å². The van der Waals surface area contributed by atoms with E-state index in [1.807, 2.05) is 66.7 Å². The largest absolute Gasteiger partial charge is 0.244 e. The van der Waals surface area contributed by atoms with E-state index in [2.05, 4.69) is 18.2 Å². The number of benzene rings is 4. The molecule has 6 rings (SSSR count). The molecule has 0 saturated carbocycles. The fourth-order valence-electron chi connectivity index (χ4n) is 3.68. The molecule has 0 atom stereocenters. The highest BCUT2D eigenvalue weighted by molar-refractivity contribution is 6.10. The van der Waals surface area contributed by atoms with Gasteiger partial charge in [-0.2, -0.15) is 0 Å². The number of nitrogens with zero attached hydrogens (tertiary/aromatic N) is 4. The molecule has 4 heteroatoms. The summed E-state index contributed by atoms with van der Waals surface area (Å²) in [6.45, 7) is 0. The second kappa shape index (κ2) is 5.79. The molecule has 0 saturated heterocycles. The lowest BCUT2D eigenvalue weighted by Crippen LogP contribution is -1.96. The molecule has 0 unspecified atom stereocenters. The molecule has 0 bridgehead atoms. The lowest BCUT2D eigenvalue weighted by atomic mass is 10.0. The van der Waals surface area contributed by atoms with E-state index in [1.54, 1.807) is 0 Å². The van der Waals surface area contributed by atoms with Crippen molar-refractivity contribution >= 4 is 44.1 Å². The van der Waals surface area contributed by atoms with E-state index < -0.39 is 0 Å². The van der Waals surface area contributed by atoms with Gasteiger partial charge in [-0.15, -0.1) is 0 Å². The second-order valence-electron chi connectivity index (χ2n) is 6.78. The number of hydrogen-bond acceptors (Lipinski definition) is 4. The zero-order chi connectivity index (χ0) is 18.5. The maximum Gasteiger partial charge on any atom is 0.118 e. The SMILES string of the molecule is c1ccc(-c2cc3nc4ccccc4nc3c3nc4ccccc4nc23)cc1. The molecule has 6 aromatic rings. The summed E-state index contributed by atoms with van der Waals surface area (Å²) in [5, 5.41) is 0. The van der Waals surface area contributed by atoms with Crippen molar-refractivity contribution in [2.45, 2.75) is 0 Å². The van der Waals surface area contributed by atoms with Crippen molar-refractivity contribution in [2.75, 3.05) is 0 Å². The van der Waals surface area contributed by atoms with Crippen LogP contribution in [0.4, 0.5) is 0 Å².